The van der Waals surface area contributed by atoms with Crippen LogP contribution in [0.15, 0.2) is 18.2 Å². The molecule has 1 unspecified atom stereocenters. The predicted molar refractivity (Wildman–Crippen MR) is 81.6 cm³/mol. The van der Waals surface area contributed by atoms with Crippen molar-refractivity contribution in [2.75, 3.05) is 17.8 Å². The highest BCUT2D eigenvalue weighted by Gasteiger charge is 2.20. The molecule has 19 heavy (non-hydrogen) atoms. The third-order valence-corrected chi connectivity index (χ3v) is 5.05. The van der Waals surface area contributed by atoms with E-state index in [2.05, 4.69) is 10.0 Å². The van der Waals surface area contributed by atoms with Gasteiger partial charge in [-0.2, -0.15) is 0 Å². The van der Waals surface area contributed by atoms with E-state index in [9.17, 15) is 8.42 Å². The van der Waals surface area contributed by atoms with E-state index in [4.69, 9.17) is 23.2 Å². The largest absolute Gasteiger partial charge is 0.315 e. The molecular weight excluding hydrogens is 307 g/mol. The maximum absolute atomic E-state index is 12.1. The number of halogens is 2. The summed E-state index contributed by atoms with van der Waals surface area (Å²) in [6.45, 7) is 4.89. The van der Waals surface area contributed by atoms with Crippen LogP contribution in [0.25, 0.3) is 0 Å². The summed E-state index contributed by atoms with van der Waals surface area (Å²) >= 11 is 11.6. The van der Waals surface area contributed by atoms with E-state index in [1.807, 2.05) is 6.92 Å². The average Bonchev–Trinajstić information content (AvgIpc) is 2.33. The van der Waals surface area contributed by atoms with Crippen LogP contribution in [0.1, 0.15) is 20.3 Å². The van der Waals surface area contributed by atoms with Crippen LogP contribution >= 0.6 is 23.2 Å². The van der Waals surface area contributed by atoms with E-state index in [0.29, 0.717) is 22.3 Å². The first-order valence-corrected chi connectivity index (χ1v) is 8.34. The Morgan fingerprint density at radius 3 is 2.53 bits per heavy atom. The third kappa shape index (κ3) is 5.18. The van der Waals surface area contributed by atoms with Crippen LogP contribution < -0.4 is 10.0 Å². The van der Waals surface area contributed by atoms with Gasteiger partial charge in [-0.15, -0.1) is 0 Å². The molecule has 0 bridgehead atoms. The van der Waals surface area contributed by atoms with Gasteiger partial charge in [-0.25, -0.2) is 8.42 Å². The molecule has 1 atom stereocenters. The van der Waals surface area contributed by atoms with Gasteiger partial charge in [-0.3, -0.25) is 4.72 Å². The van der Waals surface area contributed by atoms with E-state index in [-0.39, 0.29) is 0 Å². The van der Waals surface area contributed by atoms with Crippen molar-refractivity contribution in [3.05, 3.63) is 28.2 Å². The van der Waals surface area contributed by atoms with Crippen LogP contribution in [0, 0.1) is 0 Å². The first kappa shape index (κ1) is 16.6. The zero-order valence-electron chi connectivity index (χ0n) is 10.9. The second-order valence-corrected chi connectivity index (χ2v) is 7.20. The monoisotopic (exact) mass is 324 g/mol. The molecule has 0 radical (unpaired) electrons. The van der Waals surface area contributed by atoms with Gasteiger partial charge in [-0.05, 0) is 38.1 Å². The Balaban J connectivity index is 2.70. The lowest BCUT2D eigenvalue weighted by Gasteiger charge is -2.15. The fourth-order valence-corrected chi connectivity index (χ4v) is 2.71. The Hall–Kier alpha value is -0.490. The number of nitrogens with one attached hydrogen (secondary N) is 2. The molecule has 0 amide bonds. The quantitative estimate of drug-likeness (QED) is 0.757. The van der Waals surface area contributed by atoms with Crippen LogP contribution in [0.4, 0.5) is 5.69 Å². The third-order valence-electron chi connectivity index (χ3n) is 2.57. The summed E-state index contributed by atoms with van der Waals surface area (Å²) in [7, 11) is -3.44. The summed E-state index contributed by atoms with van der Waals surface area (Å²) in [4.78, 5) is 0. The fraction of sp³-hybridized carbons (Fsp3) is 0.500. The molecular formula is C12H18Cl2N2O2S. The number of rotatable bonds is 7. The number of benzene rings is 1. The van der Waals surface area contributed by atoms with Crippen molar-refractivity contribution in [2.45, 2.75) is 25.5 Å². The highest BCUT2D eigenvalue weighted by molar-refractivity contribution is 7.93. The standard InChI is InChI=1S/C12H18Cl2N2O2S/c1-3-6-15-8-9(2)19(17,18)16-10-4-5-11(13)12(14)7-10/h4-5,7,9,15-16H,3,6,8H2,1-2H3. The topological polar surface area (TPSA) is 58.2 Å². The van der Waals surface area contributed by atoms with Gasteiger partial charge in [0.05, 0.1) is 21.0 Å². The lowest BCUT2D eigenvalue weighted by atomic mass is 10.3. The summed E-state index contributed by atoms with van der Waals surface area (Å²) in [5.74, 6) is 0. The average molecular weight is 325 g/mol. The maximum Gasteiger partial charge on any atom is 0.236 e. The molecule has 1 aromatic carbocycles. The van der Waals surface area contributed by atoms with Crippen molar-refractivity contribution >= 4 is 38.9 Å². The minimum atomic E-state index is -3.44. The van der Waals surface area contributed by atoms with Crippen LogP contribution in [0.3, 0.4) is 0 Å². The SMILES string of the molecule is CCCNCC(C)S(=O)(=O)Nc1ccc(Cl)c(Cl)c1. The molecule has 1 rings (SSSR count). The van der Waals surface area contributed by atoms with Gasteiger partial charge >= 0.3 is 0 Å². The molecule has 2 N–H and O–H groups in total. The van der Waals surface area contributed by atoms with E-state index in [1.165, 1.54) is 6.07 Å². The highest BCUT2D eigenvalue weighted by atomic mass is 35.5. The Bertz CT molecular complexity index is 520. The minimum absolute atomic E-state index is 0.318. The Labute approximate surface area is 124 Å². The molecule has 0 aliphatic carbocycles. The van der Waals surface area contributed by atoms with Crippen LogP contribution in [-0.4, -0.2) is 26.8 Å². The second kappa shape index (κ2) is 7.33. The molecule has 1 aromatic rings. The maximum atomic E-state index is 12.1. The van der Waals surface area contributed by atoms with Gasteiger partial charge < -0.3 is 5.32 Å². The Morgan fingerprint density at radius 1 is 1.26 bits per heavy atom. The van der Waals surface area contributed by atoms with Crippen LogP contribution in [0.2, 0.25) is 10.0 Å². The summed E-state index contributed by atoms with van der Waals surface area (Å²) in [6, 6.07) is 4.63. The number of sulfonamides is 1. The minimum Gasteiger partial charge on any atom is -0.315 e. The molecule has 108 valence electrons. The summed E-state index contributed by atoms with van der Waals surface area (Å²) in [5.41, 5.74) is 0.414. The van der Waals surface area contributed by atoms with Crippen molar-refractivity contribution in [3.63, 3.8) is 0 Å². The molecule has 0 saturated carbocycles. The molecule has 0 aliphatic heterocycles. The molecule has 0 aliphatic rings. The van der Waals surface area contributed by atoms with Gasteiger partial charge in [0, 0.05) is 6.54 Å². The highest BCUT2D eigenvalue weighted by Crippen LogP contribution is 2.25. The van der Waals surface area contributed by atoms with Gasteiger partial charge in [0.25, 0.3) is 0 Å². The van der Waals surface area contributed by atoms with E-state index in [1.54, 1.807) is 19.1 Å². The van der Waals surface area contributed by atoms with Crippen molar-refractivity contribution in [3.8, 4) is 0 Å². The summed E-state index contributed by atoms with van der Waals surface area (Å²) < 4.78 is 26.6. The predicted octanol–water partition coefficient (Wildman–Crippen LogP) is 3.12. The molecule has 0 aromatic heterocycles. The van der Waals surface area contributed by atoms with Crippen molar-refractivity contribution in [1.29, 1.82) is 0 Å². The number of hydrogen-bond acceptors (Lipinski definition) is 3. The number of hydrogen-bond donors (Lipinski definition) is 2. The normalized spacial score (nSPS) is 13.3. The van der Waals surface area contributed by atoms with Crippen LogP contribution in [0.5, 0.6) is 0 Å². The lowest BCUT2D eigenvalue weighted by molar-refractivity contribution is 0.576. The molecule has 0 spiro atoms. The molecule has 7 heteroatoms. The summed E-state index contributed by atoms with van der Waals surface area (Å²) in [5, 5.41) is 3.26. The Kier molecular flexibility index (Phi) is 6.39. The molecule has 0 fully saturated rings. The molecule has 0 heterocycles. The number of anilines is 1. The first-order chi connectivity index (χ1) is 8.86. The zero-order chi connectivity index (χ0) is 14.5. The lowest BCUT2D eigenvalue weighted by Crippen LogP contribution is -2.35. The zero-order valence-corrected chi connectivity index (χ0v) is 13.2. The van der Waals surface area contributed by atoms with Crippen LogP contribution in [-0.2, 0) is 10.0 Å². The first-order valence-electron chi connectivity index (χ1n) is 6.04. The van der Waals surface area contributed by atoms with Gasteiger partial charge in [0.1, 0.15) is 0 Å². The van der Waals surface area contributed by atoms with Gasteiger partial charge in [-0.1, -0.05) is 30.1 Å². The van der Waals surface area contributed by atoms with Crippen molar-refractivity contribution in [2.24, 2.45) is 0 Å². The smallest absolute Gasteiger partial charge is 0.236 e. The van der Waals surface area contributed by atoms with Gasteiger partial charge in [0.2, 0.25) is 10.0 Å². The summed E-state index contributed by atoms with van der Waals surface area (Å²) in [6.07, 6.45) is 0.965. The second-order valence-electron chi connectivity index (χ2n) is 4.29. The van der Waals surface area contributed by atoms with Gasteiger partial charge in [0.15, 0.2) is 0 Å². The van der Waals surface area contributed by atoms with Crippen molar-refractivity contribution < 1.29 is 8.42 Å². The Morgan fingerprint density at radius 2 is 1.95 bits per heavy atom. The van der Waals surface area contributed by atoms with E-state index < -0.39 is 15.3 Å². The van der Waals surface area contributed by atoms with E-state index in [0.717, 1.165) is 13.0 Å². The van der Waals surface area contributed by atoms with E-state index >= 15 is 0 Å². The van der Waals surface area contributed by atoms with Crippen molar-refractivity contribution in [1.82, 2.24) is 5.32 Å². The molecule has 4 nitrogen and oxygen atoms in total. The molecule has 0 saturated heterocycles. The fourth-order valence-electron chi connectivity index (χ4n) is 1.42.